The highest BCUT2D eigenvalue weighted by Gasteiger charge is 2.25. The van der Waals surface area contributed by atoms with Crippen LogP contribution < -0.4 is 4.74 Å². The first-order chi connectivity index (χ1) is 9.49. The predicted octanol–water partition coefficient (Wildman–Crippen LogP) is 1.56. The van der Waals surface area contributed by atoms with E-state index in [1.54, 1.807) is 6.92 Å². The van der Waals surface area contributed by atoms with Crippen LogP contribution in [0, 0.1) is 17.0 Å². The summed E-state index contributed by atoms with van der Waals surface area (Å²) in [6, 6.07) is 3.74. The maximum Gasteiger partial charge on any atom is 0.346 e. The Morgan fingerprint density at radius 1 is 1.55 bits per heavy atom. The van der Waals surface area contributed by atoms with E-state index in [0.717, 1.165) is 6.07 Å². The highest BCUT2D eigenvalue weighted by Crippen LogP contribution is 2.28. The molecule has 0 amide bonds. The molecular weight excluding hydrogens is 270 g/mol. The summed E-state index contributed by atoms with van der Waals surface area (Å²) in [4.78, 5) is 25.0. The van der Waals surface area contributed by atoms with Gasteiger partial charge in [-0.1, -0.05) is 11.2 Å². The molecule has 9 heteroatoms. The third kappa shape index (κ3) is 2.71. The summed E-state index contributed by atoms with van der Waals surface area (Å²) in [7, 11) is 0. The molecular formula is C11H9N3O6. The highest BCUT2D eigenvalue weighted by atomic mass is 16.6. The van der Waals surface area contributed by atoms with Crippen LogP contribution >= 0.6 is 0 Å². The summed E-state index contributed by atoms with van der Waals surface area (Å²) in [6.45, 7) is 1.44. The summed E-state index contributed by atoms with van der Waals surface area (Å²) < 4.78 is 10.0. The molecule has 0 aliphatic heterocycles. The number of nitrogens with zero attached hydrogens (tertiary/aromatic N) is 3. The number of benzene rings is 1. The predicted molar refractivity (Wildman–Crippen MR) is 63.4 cm³/mol. The number of carboxylic acids is 1. The van der Waals surface area contributed by atoms with Crippen molar-refractivity contribution in [2.75, 3.05) is 0 Å². The van der Waals surface area contributed by atoms with Gasteiger partial charge in [-0.15, -0.1) is 0 Å². The number of carbonyl (C=O) groups is 1. The summed E-state index contributed by atoms with van der Waals surface area (Å²) in [6.07, 6.45) is 0. The molecule has 0 atom stereocenters. The zero-order valence-electron chi connectivity index (χ0n) is 10.3. The zero-order valence-corrected chi connectivity index (χ0v) is 10.3. The summed E-state index contributed by atoms with van der Waals surface area (Å²) in [5.74, 6) is -1.04. The van der Waals surface area contributed by atoms with Crippen molar-refractivity contribution in [2.45, 2.75) is 13.5 Å². The van der Waals surface area contributed by atoms with Crippen molar-refractivity contribution in [1.82, 2.24) is 10.1 Å². The lowest BCUT2D eigenvalue weighted by Crippen LogP contribution is -2.07. The molecule has 0 radical (unpaired) electrons. The minimum absolute atomic E-state index is 0.137. The number of carboxylic acid groups (broad SMARTS) is 1. The molecule has 2 aromatic rings. The van der Waals surface area contributed by atoms with Crippen LogP contribution in [0.5, 0.6) is 5.75 Å². The molecule has 0 aliphatic rings. The summed E-state index contributed by atoms with van der Waals surface area (Å²) in [5, 5.41) is 23.4. The van der Waals surface area contributed by atoms with Gasteiger partial charge >= 0.3 is 5.97 Å². The van der Waals surface area contributed by atoms with Crippen LogP contribution in [0.2, 0.25) is 0 Å². The van der Waals surface area contributed by atoms with Gasteiger partial charge in [0.15, 0.2) is 18.0 Å². The molecule has 0 unspecified atom stereocenters. The molecule has 2 rings (SSSR count). The highest BCUT2D eigenvalue weighted by molar-refractivity contribution is 5.95. The second kappa shape index (κ2) is 5.34. The van der Waals surface area contributed by atoms with E-state index in [4.69, 9.17) is 14.4 Å². The molecule has 0 aliphatic carbocycles. The Hall–Kier alpha value is -2.97. The maximum absolute atomic E-state index is 11.1. The standard InChI is InChI=1S/C11H9N3O6/c1-6-12-9(20-13-6)5-19-8-4-2-3-7(14(17)18)10(8)11(15)16/h2-4H,5H2,1H3,(H,15,16). The van der Waals surface area contributed by atoms with Crippen molar-refractivity contribution < 1.29 is 24.1 Å². The van der Waals surface area contributed by atoms with Crippen molar-refractivity contribution in [3.8, 4) is 5.75 Å². The van der Waals surface area contributed by atoms with Crippen molar-refractivity contribution in [3.05, 3.63) is 45.6 Å². The molecule has 0 saturated carbocycles. The first-order valence-corrected chi connectivity index (χ1v) is 5.41. The van der Waals surface area contributed by atoms with Crippen molar-refractivity contribution >= 4 is 11.7 Å². The Labute approximate surface area is 111 Å². The van der Waals surface area contributed by atoms with Crippen molar-refractivity contribution in [3.63, 3.8) is 0 Å². The minimum Gasteiger partial charge on any atom is -0.483 e. The molecule has 0 bridgehead atoms. The van der Waals surface area contributed by atoms with Crippen LogP contribution in [-0.2, 0) is 6.61 Å². The molecule has 9 nitrogen and oxygen atoms in total. The number of aryl methyl sites for hydroxylation is 1. The third-order valence-corrected chi connectivity index (χ3v) is 2.34. The average molecular weight is 279 g/mol. The number of hydrogen-bond donors (Lipinski definition) is 1. The summed E-state index contributed by atoms with van der Waals surface area (Å²) >= 11 is 0. The van der Waals surface area contributed by atoms with E-state index in [0.29, 0.717) is 5.82 Å². The van der Waals surface area contributed by atoms with Gasteiger partial charge in [0.1, 0.15) is 5.75 Å². The van der Waals surface area contributed by atoms with Crippen LogP contribution in [0.4, 0.5) is 5.69 Å². The fourth-order valence-corrected chi connectivity index (χ4v) is 1.55. The van der Waals surface area contributed by atoms with Gasteiger partial charge in [0, 0.05) is 6.07 Å². The van der Waals surface area contributed by atoms with Gasteiger partial charge < -0.3 is 14.4 Å². The van der Waals surface area contributed by atoms with Gasteiger partial charge in [0.25, 0.3) is 11.6 Å². The number of aromatic carboxylic acids is 1. The normalized spacial score (nSPS) is 10.2. The number of rotatable bonds is 5. The fraction of sp³-hybridized carbons (Fsp3) is 0.182. The number of nitro benzene ring substituents is 1. The van der Waals surface area contributed by atoms with Gasteiger partial charge in [0.05, 0.1) is 4.92 Å². The van der Waals surface area contributed by atoms with Crippen LogP contribution in [0.15, 0.2) is 22.7 Å². The molecule has 0 fully saturated rings. The monoisotopic (exact) mass is 279 g/mol. The second-order valence-corrected chi connectivity index (χ2v) is 3.74. The van der Waals surface area contributed by atoms with E-state index in [9.17, 15) is 14.9 Å². The van der Waals surface area contributed by atoms with Gasteiger partial charge in [-0.25, -0.2) is 4.79 Å². The van der Waals surface area contributed by atoms with Crippen molar-refractivity contribution in [2.24, 2.45) is 0 Å². The number of ether oxygens (including phenoxy) is 1. The minimum atomic E-state index is -1.45. The van der Waals surface area contributed by atoms with E-state index in [1.807, 2.05) is 0 Å². The Balaban J connectivity index is 2.29. The number of nitro groups is 1. The quantitative estimate of drug-likeness (QED) is 0.644. The van der Waals surface area contributed by atoms with Crippen LogP contribution in [0.25, 0.3) is 0 Å². The second-order valence-electron chi connectivity index (χ2n) is 3.74. The molecule has 20 heavy (non-hydrogen) atoms. The van der Waals surface area contributed by atoms with E-state index in [1.165, 1.54) is 12.1 Å². The first kappa shape index (κ1) is 13.5. The average Bonchev–Trinajstić information content (AvgIpc) is 2.81. The maximum atomic E-state index is 11.1. The smallest absolute Gasteiger partial charge is 0.346 e. The Bertz CT molecular complexity index is 666. The summed E-state index contributed by atoms with van der Waals surface area (Å²) in [5.41, 5.74) is -1.06. The molecule has 1 aromatic heterocycles. The lowest BCUT2D eigenvalue weighted by molar-refractivity contribution is -0.385. The zero-order chi connectivity index (χ0) is 14.7. The molecule has 1 heterocycles. The topological polar surface area (TPSA) is 129 Å². The Kier molecular flexibility index (Phi) is 3.60. The van der Waals surface area contributed by atoms with Crippen molar-refractivity contribution in [1.29, 1.82) is 0 Å². The van der Waals surface area contributed by atoms with E-state index >= 15 is 0 Å². The van der Waals surface area contributed by atoms with Crippen LogP contribution in [0.1, 0.15) is 22.1 Å². The van der Waals surface area contributed by atoms with E-state index in [-0.39, 0.29) is 18.2 Å². The van der Waals surface area contributed by atoms with Gasteiger partial charge in [0.2, 0.25) is 0 Å². The van der Waals surface area contributed by atoms with Crippen LogP contribution in [0.3, 0.4) is 0 Å². The molecule has 0 spiro atoms. The van der Waals surface area contributed by atoms with Gasteiger partial charge in [-0.05, 0) is 13.0 Å². The molecule has 0 saturated heterocycles. The number of hydrogen-bond acceptors (Lipinski definition) is 7. The largest absolute Gasteiger partial charge is 0.483 e. The van der Waals surface area contributed by atoms with E-state index < -0.39 is 22.1 Å². The first-order valence-electron chi connectivity index (χ1n) is 5.41. The number of aromatic nitrogens is 2. The van der Waals surface area contributed by atoms with Gasteiger partial charge in [-0.2, -0.15) is 4.98 Å². The molecule has 1 N–H and O–H groups in total. The molecule has 1 aromatic carbocycles. The molecule has 104 valence electrons. The Morgan fingerprint density at radius 2 is 2.30 bits per heavy atom. The third-order valence-electron chi connectivity index (χ3n) is 2.34. The fourth-order valence-electron chi connectivity index (χ4n) is 1.55. The van der Waals surface area contributed by atoms with Crippen LogP contribution in [-0.4, -0.2) is 26.1 Å². The lowest BCUT2D eigenvalue weighted by atomic mass is 10.1. The SMILES string of the molecule is Cc1noc(COc2cccc([N+](=O)[O-])c2C(=O)O)n1. The lowest BCUT2D eigenvalue weighted by Gasteiger charge is -2.07. The van der Waals surface area contributed by atoms with Gasteiger partial charge in [-0.3, -0.25) is 10.1 Å². The van der Waals surface area contributed by atoms with E-state index in [2.05, 4.69) is 10.1 Å². The Morgan fingerprint density at radius 3 is 2.85 bits per heavy atom.